The largest absolute Gasteiger partial charge is 0.415 e. The van der Waals surface area contributed by atoms with Crippen LogP contribution in [0.1, 0.15) is 49.4 Å². The molecule has 1 aliphatic carbocycles. The maximum atomic E-state index is 13.3. The van der Waals surface area contributed by atoms with Gasteiger partial charge in [0.2, 0.25) is 11.8 Å². The van der Waals surface area contributed by atoms with E-state index in [2.05, 4.69) is 15.0 Å². The summed E-state index contributed by atoms with van der Waals surface area (Å²) in [5, 5.41) is 12.7. The zero-order valence-electron chi connectivity index (χ0n) is 16.1. The van der Waals surface area contributed by atoms with Crippen LogP contribution in [-0.2, 0) is 10.2 Å². The second-order valence-electron chi connectivity index (χ2n) is 7.52. The van der Waals surface area contributed by atoms with Gasteiger partial charge in [0.1, 0.15) is 5.69 Å². The molecule has 1 heterocycles. The number of aryl methyl sites for hydroxylation is 1. The van der Waals surface area contributed by atoms with Crippen LogP contribution in [0.5, 0.6) is 5.88 Å². The van der Waals surface area contributed by atoms with Crippen molar-refractivity contribution in [3.63, 3.8) is 0 Å². The highest BCUT2D eigenvalue weighted by Crippen LogP contribution is 2.47. The summed E-state index contributed by atoms with van der Waals surface area (Å²) in [6.45, 7) is 2.67. The number of rotatable bonds is 6. The Morgan fingerprint density at radius 2 is 1.93 bits per heavy atom. The molecular formula is C21H24F2N2O3. The van der Waals surface area contributed by atoms with Gasteiger partial charge in [-0.1, -0.05) is 38.1 Å². The van der Waals surface area contributed by atoms with E-state index in [-0.39, 0.29) is 36.2 Å². The van der Waals surface area contributed by atoms with Crippen LogP contribution in [0.25, 0.3) is 0 Å². The van der Waals surface area contributed by atoms with E-state index in [0.29, 0.717) is 5.69 Å². The predicted molar refractivity (Wildman–Crippen MR) is 102 cm³/mol. The fourth-order valence-electron chi connectivity index (χ4n) is 3.75. The minimum atomic E-state index is -3.05. The normalized spacial score (nSPS) is 21.5. The Bertz CT molecular complexity index is 864. The maximum absolute atomic E-state index is 13.3. The van der Waals surface area contributed by atoms with Gasteiger partial charge in [-0.25, -0.2) is 4.98 Å². The molecule has 5 nitrogen and oxygen atoms in total. The van der Waals surface area contributed by atoms with E-state index < -0.39 is 18.1 Å². The third kappa shape index (κ3) is 3.85. The first-order chi connectivity index (χ1) is 13.2. The molecule has 0 spiro atoms. The molecule has 0 atom stereocenters. The van der Waals surface area contributed by atoms with Crippen LogP contribution < -0.4 is 10.1 Å². The number of amides is 1. The van der Waals surface area contributed by atoms with E-state index in [1.807, 2.05) is 38.1 Å². The Kier molecular flexibility index (Phi) is 5.65. The van der Waals surface area contributed by atoms with Gasteiger partial charge in [0, 0.05) is 5.69 Å². The molecule has 0 radical (unpaired) electrons. The van der Waals surface area contributed by atoms with Crippen molar-refractivity contribution in [1.29, 1.82) is 0 Å². The molecule has 1 fully saturated rings. The van der Waals surface area contributed by atoms with Gasteiger partial charge in [-0.05, 0) is 48.9 Å². The number of aliphatic hydroxyl groups excluding tert-OH is 1. The molecule has 2 N–H and O–H groups in total. The number of pyridine rings is 1. The monoisotopic (exact) mass is 390 g/mol. The van der Waals surface area contributed by atoms with E-state index >= 15 is 0 Å². The molecular weight excluding hydrogens is 366 g/mol. The van der Waals surface area contributed by atoms with Crippen LogP contribution in [0.2, 0.25) is 0 Å². The number of alkyl halides is 2. The first kappa shape index (κ1) is 20.2. The first-order valence-corrected chi connectivity index (χ1v) is 9.24. The van der Waals surface area contributed by atoms with Gasteiger partial charge in [0.25, 0.3) is 0 Å². The number of aromatic nitrogens is 1. The fraction of sp³-hybridized carbons (Fsp3) is 0.429. The van der Waals surface area contributed by atoms with Crippen LogP contribution in [0, 0.1) is 6.92 Å². The number of halogens is 2. The zero-order valence-corrected chi connectivity index (χ0v) is 16.1. The average molecular weight is 390 g/mol. The molecule has 0 bridgehead atoms. The highest BCUT2D eigenvalue weighted by molar-refractivity contribution is 6.01. The summed E-state index contributed by atoms with van der Waals surface area (Å²) >= 11 is 0. The molecule has 1 aromatic heterocycles. The van der Waals surface area contributed by atoms with Gasteiger partial charge in [0.15, 0.2) is 0 Å². The number of hydrogen-bond acceptors (Lipinski definition) is 4. The van der Waals surface area contributed by atoms with Crippen molar-refractivity contribution < 1.29 is 23.4 Å². The lowest BCUT2D eigenvalue weighted by Gasteiger charge is -2.45. The Hall–Kier alpha value is -2.54. The lowest BCUT2D eigenvalue weighted by Crippen LogP contribution is -2.53. The van der Waals surface area contributed by atoms with Crippen LogP contribution in [0.4, 0.5) is 14.5 Å². The topological polar surface area (TPSA) is 71.5 Å². The van der Waals surface area contributed by atoms with Crippen molar-refractivity contribution in [2.75, 3.05) is 5.32 Å². The summed E-state index contributed by atoms with van der Waals surface area (Å²) in [5.74, 6) is -0.497. The molecule has 150 valence electrons. The van der Waals surface area contributed by atoms with Crippen molar-refractivity contribution in [3.8, 4) is 5.88 Å². The van der Waals surface area contributed by atoms with Gasteiger partial charge in [-0.3, -0.25) is 4.79 Å². The molecule has 1 amide bonds. The molecule has 1 saturated carbocycles. The number of aliphatic hydroxyl groups is 1. The Balaban J connectivity index is 1.96. The number of carbonyl (C=O) groups is 1. The lowest BCUT2D eigenvalue weighted by molar-refractivity contribution is -0.129. The number of hydrogen-bond donors (Lipinski definition) is 2. The standard InChI is InChI=1S/C21H24F2N2O3/c1-12(2)15-6-4-5-7-16(15)21(10-14(26)11-21)19(27)25-17-9-8-13(3)24-18(17)28-20(22)23/h4-9,12,14,20,26H,10-11H2,1-3H3,(H,25,27). The second-order valence-corrected chi connectivity index (χ2v) is 7.52. The van der Waals surface area contributed by atoms with Gasteiger partial charge in [0.05, 0.1) is 11.5 Å². The summed E-state index contributed by atoms with van der Waals surface area (Å²) in [7, 11) is 0. The van der Waals surface area contributed by atoms with Gasteiger partial charge in [-0.2, -0.15) is 8.78 Å². The molecule has 0 aliphatic heterocycles. The number of carbonyl (C=O) groups excluding carboxylic acids is 1. The Morgan fingerprint density at radius 3 is 2.54 bits per heavy atom. The molecule has 2 aromatic rings. The Morgan fingerprint density at radius 1 is 1.25 bits per heavy atom. The third-order valence-electron chi connectivity index (χ3n) is 5.15. The highest BCUT2D eigenvalue weighted by Gasteiger charge is 2.52. The second kappa shape index (κ2) is 7.83. The molecule has 28 heavy (non-hydrogen) atoms. The fourth-order valence-corrected chi connectivity index (χ4v) is 3.75. The average Bonchev–Trinajstić information content (AvgIpc) is 2.60. The lowest BCUT2D eigenvalue weighted by atomic mass is 9.60. The highest BCUT2D eigenvalue weighted by atomic mass is 19.3. The zero-order chi connectivity index (χ0) is 20.5. The SMILES string of the molecule is Cc1ccc(NC(=O)C2(c3ccccc3C(C)C)CC(O)C2)c(OC(F)F)n1. The van der Waals surface area contributed by atoms with Gasteiger partial charge in [-0.15, -0.1) is 0 Å². The van der Waals surface area contributed by atoms with Crippen molar-refractivity contribution in [3.05, 3.63) is 53.2 Å². The third-order valence-corrected chi connectivity index (χ3v) is 5.15. The molecule has 1 aromatic carbocycles. The summed E-state index contributed by atoms with van der Waals surface area (Å²) < 4.78 is 29.9. The summed E-state index contributed by atoms with van der Waals surface area (Å²) in [6.07, 6.45) is -0.0429. The van der Waals surface area contributed by atoms with Crippen molar-refractivity contribution in [1.82, 2.24) is 4.98 Å². The molecule has 0 saturated heterocycles. The van der Waals surface area contributed by atoms with Crippen LogP contribution in [0.15, 0.2) is 36.4 Å². The van der Waals surface area contributed by atoms with Gasteiger partial charge >= 0.3 is 6.61 Å². The van der Waals surface area contributed by atoms with E-state index in [1.165, 1.54) is 6.07 Å². The maximum Gasteiger partial charge on any atom is 0.388 e. The number of anilines is 1. The van der Waals surface area contributed by atoms with Crippen molar-refractivity contribution >= 4 is 11.6 Å². The number of nitrogens with zero attached hydrogens (tertiary/aromatic N) is 1. The first-order valence-electron chi connectivity index (χ1n) is 9.24. The summed E-state index contributed by atoms with van der Waals surface area (Å²) in [4.78, 5) is 17.2. The van der Waals surface area contributed by atoms with E-state index in [0.717, 1.165) is 11.1 Å². The Labute approximate surface area is 162 Å². The molecule has 7 heteroatoms. The van der Waals surface area contributed by atoms with E-state index in [4.69, 9.17) is 0 Å². The smallest absolute Gasteiger partial charge is 0.388 e. The number of nitrogens with one attached hydrogen (secondary N) is 1. The minimum Gasteiger partial charge on any atom is -0.415 e. The minimum absolute atomic E-state index is 0.0821. The predicted octanol–water partition coefficient (Wildman–Crippen LogP) is 4.15. The van der Waals surface area contributed by atoms with Crippen LogP contribution in [-0.4, -0.2) is 28.7 Å². The number of benzene rings is 1. The van der Waals surface area contributed by atoms with Crippen molar-refractivity contribution in [2.24, 2.45) is 0 Å². The summed E-state index contributed by atoms with van der Waals surface area (Å²) in [6, 6.07) is 10.7. The number of ether oxygens (including phenoxy) is 1. The van der Waals surface area contributed by atoms with E-state index in [1.54, 1.807) is 13.0 Å². The quantitative estimate of drug-likeness (QED) is 0.777. The van der Waals surface area contributed by atoms with Gasteiger partial charge < -0.3 is 15.2 Å². The molecule has 1 aliphatic rings. The van der Waals surface area contributed by atoms with E-state index in [9.17, 15) is 18.7 Å². The molecule has 0 unspecified atom stereocenters. The molecule has 3 rings (SSSR count). The van der Waals surface area contributed by atoms with Crippen LogP contribution >= 0.6 is 0 Å². The summed E-state index contributed by atoms with van der Waals surface area (Å²) in [5.41, 5.74) is 1.53. The van der Waals surface area contributed by atoms with Crippen LogP contribution in [0.3, 0.4) is 0 Å². The van der Waals surface area contributed by atoms with Crippen molar-refractivity contribution in [2.45, 2.75) is 57.7 Å².